The molecule has 2 rings (SSSR count). The Morgan fingerprint density at radius 3 is 2.75 bits per heavy atom. The van der Waals surface area contributed by atoms with Crippen molar-refractivity contribution >= 4 is 5.91 Å². The van der Waals surface area contributed by atoms with Crippen LogP contribution in [0.1, 0.15) is 39.5 Å². The summed E-state index contributed by atoms with van der Waals surface area (Å²) in [5, 5.41) is 0. The summed E-state index contributed by atoms with van der Waals surface area (Å²) in [6, 6.07) is 0.232. The van der Waals surface area contributed by atoms with Crippen LogP contribution in [-0.4, -0.2) is 30.5 Å². The van der Waals surface area contributed by atoms with Crippen LogP contribution in [0.3, 0.4) is 0 Å². The summed E-state index contributed by atoms with van der Waals surface area (Å²) in [6.45, 7) is 5.11. The van der Waals surface area contributed by atoms with E-state index in [0.717, 1.165) is 38.0 Å². The second-order valence-electron chi connectivity index (χ2n) is 4.60. The third-order valence-electron chi connectivity index (χ3n) is 3.88. The fourth-order valence-electron chi connectivity index (χ4n) is 3.15. The lowest BCUT2D eigenvalue weighted by Gasteiger charge is -2.37. The van der Waals surface area contributed by atoms with Crippen LogP contribution < -0.4 is 0 Å². The Kier molecular flexibility index (Phi) is 3.22. The predicted molar refractivity (Wildman–Crippen MR) is 62.8 cm³/mol. The Balaban J connectivity index is 2.43. The average molecular weight is 223 g/mol. The predicted octanol–water partition coefficient (Wildman–Crippen LogP) is 2.33. The van der Waals surface area contributed by atoms with Crippen molar-refractivity contribution in [1.82, 2.24) is 4.90 Å². The molecule has 1 saturated heterocycles. The molecule has 0 aromatic carbocycles. The van der Waals surface area contributed by atoms with E-state index in [1.165, 1.54) is 5.57 Å². The highest BCUT2D eigenvalue weighted by Crippen LogP contribution is 2.38. The van der Waals surface area contributed by atoms with Crippen molar-refractivity contribution in [2.45, 2.75) is 45.6 Å². The van der Waals surface area contributed by atoms with Crippen molar-refractivity contribution in [3.63, 3.8) is 0 Å². The van der Waals surface area contributed by atoms with E-state index in [1.54, 1.807) is 7.11 Å². The minimum Gasteiger partial charge on any atom is -0.499 e. The monoisotopic (exact) mass is 223 g/mol. The van der Waals surface area contributed by atoms with E-state index in [9.17, 15) is 4.79 Å². The van der Waals surface area contributed by atoms with Crippen molar-refractivity contribution in [1.29, 1.82) is 0 Å². The number of amides is 1. The first kappa shape index (κ1) is 11.5. The van der Waals surface area contributed by atoms with Gasteiger partial charge in [0, 0.05) is 6.54 Å². The molecule has 2 atom stereocenters. The molecule has 3 nitrogen and oxygen atoms in total. The first-order valence-corrected chi connectivity index (χ1v) is 6.31. The first-order valence-electron chi connectivity index (χ1n) is 6.31. The highest BCUT2D eigenvalue weighted by atomic mass is 16.5. The molecule has 0 radical (unpaired) electrons. The van der Waals surface area contributed by atoms with E-state index in [0.29, 0.717) is 5.91 Å². The minimum atomic E-state index is 0.0642. The third kappa shape index (κ3) is 1.53. The molecule has 0 bridgehead atoms. The SMILES string of the molecule is CCC1=C(OC)C2CCCN2C(=O)C1CC. The molecule has 3 heteroatoms. The van der Waals surface area contributed by atoms with Crippen LogP contribution in [0.15, 0.2) is 11.3 Å². The van der Waals surface area contributed by atoms with E-state index >= 15 is 0 Å². The molecule has 16 heavy (non-hydrogen) atoms. The van der Waals surface area contributed by atoms with Gasteiger partial charge in [-0.1, -0.05) is 13.8 Å². The van der Waals surface area contributed by atoms with Gasteiger partial charge in [0.25, 0.3) is 0 Å². The smallest absolute Gasteiger partial charge is 0.230 e. The Labute approximate surface area is 97.5 Å². The van der Waals surface area contributed by atoms with Gasteiger partial charge in [-0.2, -0.15) is 0 Å². The van der Waals surface area contributed by atoms with Gasteiger partial charge in [-0.05, 0) is 31.3 Å². The van der Waals surface area contributed by atoms with E-state index in [-0.39, 0.29) is 12.0 Å². The van der Waals surface area contributed by atoms with E-state index < -0.39 is 0 Å². The number of hydrogen-bond acceptors (Lipinski definition) is 2. The maximum atomic E-state index is 12.3. The molecule has 0 spiro atoms. The van der Waals surface area contributed by atoms with Gasteiger partial charge in [-0.15, -0.1) is 0 Å². The summed E-state index contributed by atoms with van der Waals surface area (Å²) in [5.74, 6) is 1.46. The normalized spacial score (nSPS) is 29.7. The van der Waals surface area contributed by atoms with Gasteiger partial charge in [0.1, 0.15) is 5.76 Å². The topological polar surface area (TPSA) is 29.5 Å². The van der Waals surface area contributed by atoms with Crippen LogP contribution in [0, 0.1) is 5.92 Å². The number of rotatable bonds is 3. The zero-order valence-corrected chi connectivity index (χ0v) is 10.5. The largest absolute Gasteiger partial charge is 0.499 e. The van der Waals surface area contributed by atoms with Crippen LogP contribution in [-0.2, 0) is 9.53 Å². The molecule has 1 fully saturated rings. The van der Waals surface area contributed by atoms with Crippen molar-refractivity contribution in [3.8, 4) is 0 Å². The fourth-order valence-corrected chi connectivity index (χ4v) is 3.15. The lowest BCUT2D eigenvalue weighted by Crippen LogP contribution is -2.46. The van der Waals surface area contributed by atoms with Gasteiger partial charge in [-0.25, -0.2) is 0 Å². The number of fused-ring (bicyclic) bond motifs is 1. The second kappa shape index (κ2) is 4.48. The highest BCUT2D eigenvalue weighted by molar-refractivity contribution is 5.84. The van der Waals surface area contributed by atoms with Gasteiger partial charge in [0.2, 0.25) is 5.91 Å². The molecule has 2 unspecified atom stereocenters. The molecule has 2 aliphatic rings. The summed E-state index contributed by atoms with van der Waals surface area (Å²) >= 11 is 0. The maximum Gasteiger partial charge on any atom is 0.230 e. The third-order valence-corrected chi connectivity index (χ3v) is 3.88. The number of methoxy groups -OCH3 is 1. The van der Waals surface area contributed by atoms with Crippen molar-refractivity contribution in [2.75, 3.05) is 13.7 Å². The summed E-state index contributed by atoms with van der Waals surface area (Å²) in [6.07, 6.45) is 3.99. The maximum absolute atomic E-state index is 12.3. The standard InChI is InChI=1S/C13H21NO2/c1-4-9-10(5-2)13(15)14-8-6-7-11(14)12(9)16-3/h10-11H,4-8H2,1-3H3. The van der Waals surface area contributed by atoms with Crippen LogP contribution >= 0.6 is 0 Å². The average Bonchev–Trinajstić information content (AvgIpc) is 2.77. The molecule has 0 aromatic rings. The van der Waals surface area contributed by atoms with Crippen molar-refractivity contribution < 1.29 is 9.53 Å². The second-order valence-corrected chi connectivity index (χ2v) is 4.60. The fraction of sp³-hybridized carbons (Fsp3) is 0.769. The van der Waals surface area contributed by atoms with E-state index in [4.69, 9.17) is 4.74 Å². The lowest BCUT2D eigenvalue weighted by molar-refractivity contribution is -0.136. The molecular weight excluding hydrogens is 202 g/mol. The summed E-state index contributed by atoms with van der Waals surface area (Å²) in [7, 11) is 1.74. The highest BCUT2D eigenvalue weighted by Gasteiger charge is 2.42. The molecule has 2 heterocycles. The Morgan fingerprint density at radius 2 is 2.19 bits per heavy atom. The summed E-state index contributed by atoms with van der Waals surface area (Å²) in [4.78, 5) is 14.3. The molecule has 0 saturated carbocycles. The first-order chi connectivity index (χ1) is 7.74. The quantitative estimate of drug-likeness (QED) is 0.735. The molecular formula is C13H21NO2. The number of carbonyl (C=O) groups excluding carboxylic acids is 1. The summed E-state index contributed by atoms with van der Waals surface area (Å²) in [5.41, 5.74) is 1.23. The number of nitrogens with zero attached hydrogens (tertiary/aromatic N) is 1. The molecule has 90 valence electrons. The van der Waals surface area contributed by atoms with E-state index in [2.05, 4.69) is 13.8 Å². The Hall–Kier alpha value is -0.990. The van der Waals surface area contributed by atoms with E-state index in [1.807, 2.05) is 4.90 Å². The number of ether oxygens (including phenoxy) is 1. The molecule has 0 aliphatic carbocycles. The lowest BCUT2D eigenvalue weighted by atomic mass is 9.86. The molecule has 1 amide bonds. The zero-order valence-electron chi connectivity index (χ0n) is 10.5. The van der Waals surface area contributed by atoms with Crippen LogP contribution in [0.5, 0.6) is 0 Å². The number of hydrogen-bond donors (Lipinski definition) is 0. The van der Waals surface area contributed by atoms with Crippen LogP contribution in [0.25, 0.3) is 0 Å². The van der Waals surface area contributed by atoms with Crippen LogP contribution in [0.4, 0.5) is 0 Å². The molecule has 2 aliphatic heterocycles. The van der Waals surface area contributed by atoms with Gasteiger partial charge in [0.05, 0.1) is 19.1 Å². The Bertz CT molecular complexity index is 322. The van der Waals surface area contributed by atoms with Crippen molar-refractivity contribution in [2.24, 2.45) is 5.92 Å². The molecule has 0 N–H and O–H groups in total. The van der Waals surface area contributed by atoms with Gasteiger partial charge in [-0.3, -0.25) is 4.79 Å². The van der Waals surface area contributed by atoms with Crippen molar-refractivity contribution in [3.05, 3.63) is 11.3 Å². The van der Waals surface area contributed by atoms with Gasteiger partial charge in [0.15, 0.2) is 0 Å². The Morgan fingerprint density at radius 1 is 1.44 bits per heavy atom. The van der Waals surface area contributed by atoms with Gasteiger partial charge < -0.3 is 9.64 Å². The van der Waals surface area contributed by atoms with Gasteiger partial charge >= 0.3 is 0 Å². The zero-order chi connectivity index (χ0) is 11.7. The summed E-state index contributed by atoms with van der Waals surface area (Å²) < 4.78 is 5.57. The van der Waals surface area contributed by atoms with Crippen LogP contribution in [0.2, 0.25) is 0 Å². The number of carbonyl (C=O) groups is 1. The minimum absolute atomic E-state index is 0.0642. The molecule has 0 aromatic heterocycles.